The third-order valence-corrected chi connectivity index (χ3v) is 8.53. The van der Waals surface area contributed by atoms with Gasteiger partial charge in [0.1, 0.15) is 0 Å². The molecule has 0 atom stereocenters. The molecule has 0 amide bonds. The molecule has 1 aromatic carbocycles. The maximum absolute atomic E-state index is 12.1. The summed E-state index contributed by atoms with van der Waals surface area (Å²) in [5, 5.41) is -0.227. The zero-order valence-electron chi connectivity index (χ0n) is 15.3. The average Bonchev–Trinajstić information content (AvgIpc) is 3.01. The second-order valence-electron chi connectivity index (χ2n) is 8.26. The molecule has 1 saturated carbocycles. The highest BCUT2D eigenvalue weighted by Crippen LogP contribution is 2.33. The van der Waals surface area contributed by atoms with Gasteiger partial charge in [0.25, 0.3) is 0 Å². The maximum atomic E-state index is 12.1. The minimum atomic E-state index is -2.88. The molecule has 0 unspecified atom stereocenters. The van der Waals surface area contributed by atoms with Crippen LogP contribution in [0.3, 0.4) is 0 Å². The van der Waals surface area contributed by atoms with Crippen LogP contribution in [0.4, 0.5) is 0 Å². The molecule has 0 aliphatic heterocycles. The number of benzene rings is 1. The molecule has 0 heterocycles. The molecule has 0 spiro atoms. The predicted molar refractivity (Wildman–Crippen MR) is 101 cm³/mol. The molecular weight excluding hydrogens is 316 g/mol. The summed E-state index contributed by atoms with van der Waals surface area (Å²) in [6.07, 6.45) is 10.9. The van der Waals surface area contributed by atoms with E-state index >= 15 is 0 Å². The van der Waals surface area contributed by atoms with Crippen LogP contribution in [0.25, 0.3) is 0 Å². The van der Waals surface area contributed by atoms with Crippen molar-refractivity contribution in [3.63, 3.8) is 0 Å². The Balaban J connectivity index is 1.44. The van der Waals surface area contributed by atoms with Crippen LogP contribution in [-0.2, 0) is 29.1 Å². The van der Waals surface area contributed by atoms with Crippen LogP contribution in [0.1, 0.15) is 69.1 Å². The molecule has 2 aliphatic rings. The Bertz CT molecular complexity index is 652. The van der Waals surface area contributed by atoms with Crippen molar-refractivity contribution in [1.82, 2.24) is 0 Å². The molecule has 2 nitrogen and oxygen atoms in total. The summed E-state index contributed by atoms with van der Waals surface area (Å²) in [6.45, 7) is 3.61. The van der Waals surface area contributed by atoms with E-state index in [1.807, 2.05) is 0 Å². The largest absolute Gasteiger partial charge is 0.229 e. The molecule has 24 heavy (non-hydrogen) atoms. The number of sulfone groups is 1. The fourth-order valence-corrected chi connectivity index (χ4v) is 5.73. The van der Waals surface area contributed by atoms with E-state index in [-0.39, 0.29) is 5.25 Å². The summed E-state index contributed by atoms with van der Waals surface area (Å²) in [6, 6.07) is 7.10. The van der Waals surface area contributed by atoms with Crippen molar-refractivity contribution in [2.75, 3.05) is 5.75 Å². The number of hydrogen-bond donors (Lipinski definition) is 0. The Morgan fingerprint density at radius 1 is 1.00 bits per heavy atom. The molecular formula is C21H32O2S. The molecule has 0 aromatic heterocycles. The van der Waals surface area contributed by atoms with E-state index in [0.29, 0.717) is 11.7 Å². The Morgan fingerprint density at radius 3 is 2.38 bits per heavy atom. The van der Waals surface area contributed by atoms with Crippen LogP contribution in [0.15, 0.2) is 18.2 Å². The Morgan fingerprint density at radius 2 is 1.67 bits per heavy atom. The average molecular weight is 349 g/mol. The molecule has 134 valence electrons. The van der Waals surface area contributed by atoms with Crippen molar-refractivity contribution in [2.24, 2.45) is 11.8 Å². The van der Waals surface area contributed by atoms with Crippen LogP contribution < -0.4 is 0 Å². The maximum Gasteiger partial charge on any atom is 0.152 e. The topological polar surface area (TPSA) is 34.1 Å². The van der Waals surface area contributed by atoms with E-state index in [0.717, 1.165) is 18.8 Å². The van der Waals surface area contributed by atoms with E-state index in [1.54, 1.807) is 25.0 Å². The molecule has 0 bridgehead atoms. The molecule has 0 saturated heterocycles. The van der Waals surface area contributed by atoms with Crippen LogP contribution in [0.2, 0.25) is 0 Å². The van der Waals surface area contributed by atoms with Gasteiger partial charge in [-0.1, -0.05) is 31.0 Å². The van der Waals surface area contributed by atoms with Crippen LogP contribution in [0.5, 0.6) is 0 Å². The second kappa shape index (κ2) is 7.59. The number of fused-ring (bicyclic) bond motifs is 1. The van der Waals surface area contributed by atoms with Crippen molar-refractivity contribution in [3.8, 4) is 0 Å². The minimum absolute atomic E-state index is 0.227. The number of aryl methyl sites for hydroxylation is 3. The summed E-state index contributed by atoms with van der Waals surface area (Å²) >= 11 is 0. The summed E-state index contributed by atoms with van der Waals surface area (Å²) in [5.74, 6) is 1.59. The van der Waals surface area contributed by atoms with Gasteiger partial charge in [-0.2, -0.15) is 0 Å². The van der Waals surface area contributed by atoms with Gasteiger partial charge >= 0.3 is 0 Å². The third-order valence-electron chi connectivity index (χ3n) is 6.16. The smallest absolute Gasteiger partial charge is 0.152 e. The Hall–Kier alpha value is -0.830. The van der Waals surface area contributed by atoms with E-state index in [2.05, 4.69) is 18.2 Å². The van der Waals surface area contributed by atoms with Gasteiger partial charge in [-0.05, 0) is 87.3 Å². The first-order chi connectivity index (χ1) is 11.4. The fraction of sp³-hybridized carbons (Fsp3) is 0.714. The summed E-state index contributed by atoms with van der Waals surface area (Å²) in [4.78, 5) is 0. The van der Waals surface area contributed by atoms with Gasteiger partial charge in [-0.25, -0.2) is 8.42 Å². The van der Waals surface area contributed by atoms with E-state index in [9.17, 15) is 8.42 Å². The first kappa shape index (κ1) is 18.0. The van der Waals surface area contributed by atoms with Gasteiger partial charge in [0.15, 0.2) is 9.84 Å². The van der Waals surface area contributed by atoms with Gasteiger partial charge in [0.05, 0.1) is 11.0 Å². The fourth-order valence-electron chi connectivity index (χ4n) is 4.36. The van der Waals surface area contributed by atoms with Gasteiger partial charge in [0, 0.05) is 0 Å². The lowest BCUT2D eigenvalue weighted by molar-refractivity contribution is 0.278. The van der Waals surface area contributed by atoms with Crippen LogP contribution >= 0.6 is 0 Å². The molecule has 0 N–H and O–H groups in total. The summed E-state index contributed by atoms with van der Waals surface area (Å²) < 4.78 is 24.2. The monoisotopic (exact) mass is 348 g/mol. The first-order valence-electron chi connectivity index (χ1n) is 9.76. The standard InChI is InChI=1S/C21H32O2S/c1-16(2)24(22,23)15-19-10-7-17(8-11-19)6-9-18-12-13-20-4-3-5-21(20)14-18/h12-14,16-17,19H,3-11,15H2,1-2H3. The highest BCUT2D eigenvalue weighted by molar-refractivity contribution is 7.91. The normalized spacial score (nSPS) is 24.3. The van der Waals surface area contributed by atoms with Gasteiger partial charge in [-0.15, -0.1) is 0 Å². The van der Waals surface area contributed by atoms with Crippen LogP contribution in [-0.4, -0.2) is 19.4 Å². The number of rotatable bonds is 6. The van der Waals surface area contributed by atoms with Crippen molar-refractivity contribution in [2.45, 2.75) is 76.9 Å². The molecule has 0 radical (unpaired) electrons. The zero-order chi connectivity index (χ0) is 17.2. The Kier molecular flexibility index (Phi) is 5.69. The van der Waals surface area contributed by atoms with Gasteiger partial charge in [0.2, 0.25) is 0 Å². The lowest BCUT2D eigenvalue weighted by Crippen LogP contribution is -2.26. The summed E-state index contributed by atoms with van der Waals surface area (Å²) in [7, 11) is -2.88. The summed E-state index contributed by atoms with van der Waals surface area (Å²) in [5.41, 5.74) is 4.64. The van der Waals surface area contributed by atoms with Crippen LogP contribution in [0, 0.1) is 11.8 Å². The van der Waals surface area contributed by atoms with E-state index < -0.39 is 9.84 Å². The molecule has 3 heteroatoms. The highest BCUT2D eigenvalue weighted by Gasteiger charge is 2.27. The molecule has 2 aliphatic carbocycles. The highest BCUT2D eigenvalue weighted by atomic mass is 32.2. The van der Waals surface area contributed by atoms with Crippen molar-refractivity contribution >= 4 is 9.84 Å². The minimum Gasteiger partial charge on any atom is -0.229 e. The molecule has 1 fully saturated rings. The molecule has 3 rings (SSSR count). The lowest BCUT2D eigenvalue weighted by Gasteiger charge is -2.29. The van der Waals surface area contributed by atoms with Crippen molar-refractivity contribution in [1.29, 1.82) is 0 Å². The number of hydrogen-bond acceptors (Lipinski definition) is 2. The predicted octanol–water partition coefficient (Wildman–Crippen LogP) is 4.74. The van der Waals surface area contributed by atoms with Gasteiger partial charge < -0.3 is 0 Å². The van der Waals surface area contributed by atoms with Crippen molar-refractivity contribution < 1.29 is 8.42 Å². The SMILES string of the molecule is CC(C)S(=O)(=O)CC1CCC(CCc2ccc3c(c2)CCC3)CC1. The molecule has 1 aromatic rings. The Labute approximate surface area is 148 Å². The van der Waals surface area contributed by atoms with Gasteiger partial charge in [-0.3, -0.25) is 0 Å². The van der Waals surface area contributed by atoms with Crippen molar-refractivity contribution in [3.05, 3.63) is 34.9 Å². The third kappa shape index (κ3) is 4.41. The quantitative estimate of drug-likeness (QED) is 0.744. The second-order valence-corrected chi connectivity index (χ2v) is 10.9. The van der Waals surface area contributed by atoms with E-state index in [4.69, 9.17) is 0 Å². The van der Waals surface area contributed by atoms with E-state index in [1.165, 1.54) is 50.5 Å². The first-order valence-corrected chi connectivity index (χ1v) is 11.5. The lowest BCUT2D eigenvalue weighted by atomic mass is 9.80. The zero-order valence-corrected chi connectivity index (χ0v) is 16.1.